The van der Waals surface area contributed by atoms with Gasteiger partial charge in [-0.05, 0) is 38.4 Å². The summed E-state index contributed by atoms with van der Waals surface area (Å²) in [6, 6.07) is 6.93. The maximum Gasteiger partial charge on any atom is 0.354 e. The van der Waals surface area contributed by atoms with E-state index in [1.54, 1.807) is 31.2 Å². The molecule has 0 saturated carbocycles. The molecule has 0 bridgehead atoms. The van der Waals surface area contributed by atoms with Crippen LogP contribution in [0.2, 0.25) is 0 Å². The van der Waals surface area contributed by atoms with Crippen LogP contribution in [0.1, 0.15) is 30.1 Å². The summed E-state index contributed by atoms with van der Waals surface area (Å²) in [5.74, 6) is -1.68. The largest absolute Gasteiger partial charge is 0.477 e. The maximum absolute atomic E-state index is 12.5. The number of nitrogens with zero attached hydrogens (tertiary/aromatic N) is 2. The number of fused-ring (bicyclic) bond motifs is 1. The Balaban J connectivity index is 1.38. The normalized spacial score (nSPS) is 26.7. The molecule has 1 amide bonds. The molecule has 2 saturated heterocycles. The van der Waals surface area contributed by atoms with E-state index in [-0.39, 0.29) is 33.9 Å². The van der Waals surface area contributed by atoms with Crippen molar-refractivity contribution in [2.75, 3.05) is 25.4 Å². The van der Waals surface area contributed by atoms with Crippen LogP contribution < -0.4 is 5.73 Å². The van der Waals surface area contributed by atoms with E-state index in [0.717, 1.165) is 13.0 Å². The number of benzene rings is 1. The summed E-state index contributed by atoms with van der Waals surface area (Å²) < 4.78 is 0.646. The summed E-state index contributed by atoms with van der Waals surface area (Å²) in [6.07, 6.45) is 0.561. The molecule has 1 aromatic carbocycles. The molecule has 3 heterocycles. The SMILES string of the molecule is CC(O)C[C@@H]1C(=O)N2C(C(=O)O)=C(SC3CCN(CC(=O)c4cccc(N)c4)C3)S[C@H]12. The number of anilines is 1. The number of aliphatic hydroxyl groups excluding tert-OH is 1. The molecule has 4 N–H and O–H groups in total. The van der Waals surface area contributed by atoms with E-state index < -0.39 is 12.1 Å². The van der Waals surface area contributed by atoms with Crippen LogP contribution >= 0.6 is 23.5 Å². The van der Waals surface area contributed by atoms with E-state index in [9.17, 15) is 24.6 Å². The van der Waals surface area contributed by atoms with E-state index in [0.29, 0.717) is 35.0 Å². The number of thioether (sulfide) groups is 2. The van der Waals surface area contributed by atoms with Gasteiger partial charge < -0.3 is 15.9 Å². The molecular formula is C21H25N3O5S2. The number of likely N-dealkylation sites (tertiary alicyclic amines) is 1. The first-order valence-electron chi connectivity index (χ1n) is 10.2. The third kappa shape index (κ3) is 4.48. The molecule has 1 aromatic rings. The highest BCUT2D eigenvalue weighted by molar-refractivity contribution is 8.23. The number of Topliss-reactive ketones (excluding diaryl/α,β-unsaturated/α-hetero) is 1. The van der Waals surface area contributed by atoms with Gasteiger partial charge >= 0.3 is 5.97 Å². The number of carbonyl (C=O) groups is 3. The van der Waals surface area contributed by atoms with Crippen LogP contribution in [-0.2, 0) is 9.59 Å². The van der Waals surface area contributed by atoms with Crippen molar-refractivity contribution in [3.63, 3.8) is 0 Å². The van der Waals surface area contributed by atoms with Crippen molar-refractivity contribution in [3.05, 3.63) is 39.8 Å². The fourth-order valence-electron chi connectivity index (χ4n) is 4.21. The summed E-state index contributed by atoms with van der Waals surface area (Å²) >= 11 is 2.89. The van der Waals surface area contributed by atoms with Crippen molar-refractivity contribution in [1.29, 1.82) is 0 Å². The molecule has 3 aliphatic rings. The van der Waals surface area contributed by atoms with Crippen LogP contribution in [0, 0.1) is 5.92 Å². The van der Waals surface area contributed by atoms with Crippen LogP contribution in [0.25, 0.3) is 0 Å². The Morgan fingerprint density at radius 2 is 2.16 bits per heavy atom. The Morgan fingerprint density at radius 1 is 1.39 bits per heavy atom. The predicted octanol–water partition coefficient (Wildman–Crippen LogP) is 1.81. The Hall–Kier alpha value is -2.01. The molecule has 3 aliphatic heterocycles. The van der Waals surface area contributed by atoms with E-state index in [2.05, 4.69) is 4.90 Å². The Labute approximate surface area is 188 Å². The summed E-state index contributed by atoms with van der Waals surface area (Å²) in [5.41, 5.74) is 6.96. The molecule has 166 valence electrons. The molecule has 2 fully saturated rings. The lowest BCUT2D eigenvalue weighted by Gasteiger charge is -2.42. The predicted molar refractivity (Wildman–Crippen MR) is 120 cm³/mol. The lowest BCUT2D eigenvalue weighted by molar-refractivity contribution is -0.152. The minimum Gasteiger partial charge on any atom is -0.477 e. The average Bonchev–Trinajstić information content (AvgIpc) is 3.28. The van der Waals surface area contributed by atoms with Crippen molar-refractivity contribution in [1.82, 2.24) is 9.80 Å². The number of carbonyl (C=O) groups excluding carboxylic acids is 2. The molecular weight excluding hydrogens is 438 g/mol. The van der Waals surface area contributed by atoms with Gasteiger partial charge in [-0.25, -0.2) is 4.79 Å². The number of aliphatic hydroxyl groups is 1. The van der Waals surface area contributed by atoms with Crippen molar-refractivity contribution in [2.24, 2.45) is 5.92 Å². The molecule has 10 heteroatoms. The number of carboxylic acid groups (broad SMARTS) is 1. The minimum atomic E-state index is -1.10. The minimum absolute atomic E-state index is 0.00866. The smallest absolute Gasteiger partial charge is 0.354 e. The van der Waals surface area contributed by atoms with E-state index >= 15 is 0 Å². The number of ketones is 1. The number of amides is 1. The van der Waals surface area contributed by atoms with Gasteiger partial charge in [0.1, 0.15) is 0 Å². The highest BCUT2D eigenvalue weighted by Gasteiger charge is 2.56. The van der Waals surface area contributed by atoms with Crippen molar-refractivity contribution in [3.8, 4) is 0 Å². The van der Waals surface area contributed by atoms with Crippen molar-refractivity contribution in [2.45, 2.75) is 36.5 Å². The first-order valence-corrected chi connectivity index (χ1v) is 11.9. The van der Waals surface area contributed by atoms with Gasteiger partial charge in [-0.2, -0.15) is 0 Å². The van der Waals surface area contributed by atoms with Gasteiger partial charge in [0.15, 0.2) is 11.5 Å². The van der Waals surface area contributed by atoms with Gasteiger partial charge in [0.25, 0.3) is 0 Å². The van der Waals surface area contributed by atoms with Gasteiger partial charge in [0.05, 0.1) is 28.2 Å². The van der Waals surface area contributed by atoms with Gasteiger partial charge in [0, 0.05) is 23.0 Å². The van der Waals surface area contributed by atoms with E-state index in [1.165, 1.54) is 28.4 Å². The molecule has 0 aliphatic carbocycles. The van der Waals surface area contributed by atoms with Gasteiger partial charge in [-0.15, -0.1) is 11.8 Å². The summed E-state index contributed by atoms with van der Waals surface area (Å²) in [4.78, 5) is 40.3. The number of hydrogen-bond acceptors (Lipinski definition) is 8. The molecule has 2 unspecified atom stereocenters. The Kier molecular flexibility index (Phi) is 6.34. The van der Waals surface area contributed by atoms with E-state index in [1.807, 2.05) is 0 Å². The quantitative estimate of drug-likeness (QED) is 0.301. The zero-order valence-electron chi connectivity index (χ0n) is 17.1. The first-order chi connectivity index (χ1) is 14.7. The number of carboxylic acids is 1. The molecule has 4 atom stereocenters. The van der Waals surface area contributed by atoms with Crippen LogP contribution in [0.15, 0.2) is 34.2 Å². The second-order valence-electron chi connectivity index (χ2n) is 8.16. The van der Waals surface area contributed by atoms with Gasteiger partial charge in [-0.1, -0.05) is 23.9 Å². The molecule has 4 rings (SSSR count). The molecule has 0 spiro atoms. The van der Waals surface area contributed by atoms with Crippen LogP contribution in [-0.4, -0.2) is 74.0 Å². The highest BCUT2D eigenvalue weighted by atomic mass is 32.2. The molecule has 0 aromatic heterocycles. The zero-order chi connectivity index (χ0) is 22.3. The third-order valence-electron chi connectivity index (χ3n) is 5.69. The van der Waals surface area contributed by atoms with E-state index in [4.69, 9.17) is 5.73 Å². The Morgan fingerprint density at radius 3 is 2.84 bits per heavy atom. The number of nitrogens with two attached hydrogens (primary N) is 1. The molecule has 8 nitrogen and oxygen atoms in total. The second kappa shape index (κ2) is 8.85. The maximum atomic E-state index is 12.5. The number of β-lactam (4-membered cyclic amide) rings is 1. The summed E-state index contributed by atoms with van der Waals surface area (Å²) in [7, 11) is 0. The van der Waals surface area contributed by atoms with Crippen LogP contribution in [0.3, 0.4) is 0 Å². The highest BCUT2D eigenvalue weighted by Crippen LogP contribution is 2.55. The lowest BCUT2D eigenvalue weighted by Crippen LogP contribution is -2.57. The number of rotatable bonds is 8. The number of nitrogen functional groups attached to an aromatic ring is 1. The lowest BCUT2D eigenvalue weighted by atomic mass is 9.91. The fraction of sp³-hybridized carbons (Fsp3) is 0.476. The monoisotopic (exact) mass is 463 g/mol. The average molecular weight is 464 g/mol. The second-order valence-corrected chi connectivity index (χ2v) is 10.9. The van der Waals surface area contributed by atoms with Crippen molar-refractivity contribution < 1.29 is 24.6 Å². The van der Waals surface area contributed by atoms with Gasteiger partial charge in [0.2, 0.25) is 5.91 Å². The Bertz CT molecular complexity index is 951. The molecule has 0 radical (unpaired) electrons. The van der Waals surface area contributed by atoms with Gasteiger partial charge in [-0.3, -0.25) is 19.4 Å². The standard InChI is InChI=1S/C21H25N3O5S2/c1-11(25)7-15-18(27)24-17(20(28)29)21(31-19(15)24)30-14-5-6-23(9-14)10-16(26)12-3-2-4-13(22)8-12/h2-4,8,11,14-15,19,25H,5-7,9-10,22H2,1H3,(H,28,29)/t11?,14?,15-,19-/m1/s1. The third-order valence-corrected chi connectivity index (χ3v) is 8.58. The molecule has 31 heavy (non-hydrogen) atoms. The zero-order valence-corrected chi connectivity index (χ0v) is 18.7. The fourth-order valence-corrected chi connectivity index (χ4v) is 7.47. The van der Waals surface area contributed by atoms with Crippen LogP contribution in [0.4, 0.5) is 5.69 Å². The summed E-state index contributed by atoms with van der Waals surface area (Å²) in [5, 5.41) is 19.2. The van der Waals surface area contributed by atoms with Crippen LogP contribution in [0.5, 0.6) is 0 Å². The number of hydrogen-bond donors (Lipinski definition) is 3. The topological polar surface area (TPSA) is 124 Å². The summed E-state index contributed by atoms with van der Waals surface area (Å²) in [6.45, 7) is 3.35. The van der Waals surface area contributed by atoms with Crippen molar-refractivity contribution >= 4 is 46.9 Å². The first kappa shape index (κ1) is 22.2. The number of aliphatic carboxylic acids is 1.